The molecule has 0 aromatic carbocycles. The van der Waals surface area contributed by atoms with Gasteiger partial charge in [0.1, 0.15) is 0 Å². The molecule has 1 fully saturated rings. The van der Waals surface area contributed by atoms with E-state index in [0.29, 0.717) is 26.1 Å². The third-order valence-electron chi connectivity index (χ3n) is 2.69. The van der Waals surface area contributed by atoms with E-state index < -0.39 is 9.84 Å². The molecule has 0 spiro atoms. The lowest BCUT2D eigenvalue weighted by molar-refractivity contribution is -0.124. The van der Waals surface area contributed by atoms with Gasteiger partial charge in [-0.1, -0.05) is 0 Å². The number of methoxy groups -OCH3 is 1. The van der Waals surface area contributed by atoms with Crippen molar-refractivity contribution < 1.29 is 17.9 Å². The first kappa shape index (κ1) is 14.4. The van der Waals surface area contributed by atoms with Crippen LogP contribution in [0.3, 0.4) is 0 Å². The summed E-state index contributed by atoms with van der Waals surface area (Å²) >= 11 is 0. The summed E-state index contributed by atoms with van der Waals surface area (Å²) < 4.78 is 27.2. The summed E-state index contributed by atoms with van der Waals surface area (Å²) in [5, 5.41) is 5.82. The summed E-state index contributed by atoms with van der Waals surface area (Å²) in [4.78, 5) is 11.6. The summed E-state index contributed by atoms with van der Waals surface area (Å²) in [6.07, 6.45) is 0.450. The predicted octanol–water partition coefficient (Wildman–Crippen LogP) is -1.23. The first-order valence-electron chi connectivity index (χ1n) is 5.73. The second kappa shape index (κ2) is 6.93. The monoisotopic (exact) mass is 264 g/mol. The molecule has 1 rings (SSSR count). The Bertz CT molecular complexity index is 342. The maximum Gasteiger partial charge on any atom is 0.224 e. The van der Waals surface area contributed by atoms with Gasteiger partial charge in [-0.05, 0) is 6.42 Å². The van der Waals surface area contributed by atoms with Gasteiger partial charge in [0.2, 0.25) is 5.91 Å². The van der Waals surface area contributed by atoms with Crippen LogP contribution in [0.1, 0.15) is 6.42 Å². The molecular weight excluding hydrogens is 244 g/mol. The number of sulfone groups is 1. The van der Waals surface area contributed by atoms with E-state index in [9.17, 15) is 13.2 Å². The third kappa shape index (κ3) is 5.47. The van der Waals surface area contributed by atoms with Crippen LogP contribution in [0.5, 0.6) is 0 Å². The van der Waals surface area contributed by atoms with Gasteiger partial charge in [0.15, 0.2) is 9.84 Å². The summed E-state index contributed by atoms with van der Waals surface area (Å²) in [5.41, 5.74) is 0. The average Bonchev–Trinajstić information content (AvgIpc) is 2.64. The minimum atomic E-state index is -2.98. The van der Waals surface area contributed by atoms with Gasteiger partial charge in [-0.15, -0.1) is 0 Å². The van der Waals surface area contributed by atoms with Gasteiger partial charge in [-0.2, -0.15) is 0 Å². The molecule has 0 aromatic rings. The maximum atomic E-state index is 11.6. The van der Waals surface area contributed by atoms with Crippen molar-refractivity contribution in [3.05, 3.63) is 0 Å². The largest absolute Gasteiger partial charge is 0.383 e. The van der Waals surface area contributed by atoms with E-state index in [-0.39, 0.29) is 23.3 Å². The zero-order valence-corrected chi connectivity index (χ0v) is 10.9. The van der Waals surface area contributed by atoms with E-state index in [4.69, 9.17) is 4.74 Å². The summed E-state index contributed by atoms with van der Waals surface area (Å²) in [5.74, 6) is -0.383. The van der Waals surface area contributed by atoms with Crippen molar-refractivity contribution in [2.24, 2.45) is 5.92 Å². The molecule has 0 bridgehead atoms. The van der Waals surface area contributed by atoms with Crippen LogP contribution in [0.15, 0.2) is 0 Å². The van der Waals surface area contributed by atoms with Gasteiger partial charge in [-0.25, -0.2) is 8.42 Å². The number of rotatable bonds is 7. The van der Waals surface area contributed by atoms with E-state index >= 15 is 0 Å². The second-order valence-corrected chi connectivity index (χ2v) is 6.36. The molecule has 1 heterocycles. The minimum Gasteiger partial charge on any atom is -0.383 e. The predicted molar refractivity (Wildman–Crippen MR) is 64.5 cm³/mol. The molecule has 0 aromatic heterocycles. The molecule has 17 heavy (non-hydrogen) atoms. The molecule has 1 aliphatic heterocycles. The van der Waals surface area contributed by atoms with Crippen LogP contribution in [0, 0.1) is 5.92 Å². The molecule has 6 nitrogen and oxygen atoms in total. The van der Waals surface area contributed by atoms with E-state index in [1.165, 1.54) is 0 Å². The van der Waals surface area contributed by atoms with Crippen molar-refractivity contribution in [1.29, 1.82) is 0 Å². The van der Waals surface area contributed by atoms with E-state index in [1.807, 2.05) is 0 Å². The van der Waals surface area contributed by atoms with E-state index in [1.54, 1.807) is 7.11 Å². The Balaban J connectivity index is 2.10. The van der Waals surface area contributed by atoms with Crippen LogP contribution < -0.4 is 10.6 Å². The van der Waals surface area contributed by atoms with Crippen LogP contribution in [0.2, 0.25) is 0 Å². The molecule has 0 saturated carbocycles. The van der Waals surface area contributed by atoms with Crippen molar-refractivity contribution >= 4 is 15.7 Å². The minimum absolute atomic E-state index is 0.00403. The average molecular weight is 264 g/mol. The molecule has 100 valence electrons. The number of nitrogens with one attached hydrogen (secondary N) is 2. The molecule has 1 unspecified atom stereocenters. The number of carbonyl (C=O) groups is 1. The van der Waals surface area contributed by atoms with E-state index in [2.05, 4.69) is 10.6 Å². The van der Waals surface area contributed by atoms with Crippen molar-refractivity contribution in [2.75, 3.05) is 44.9 Å². The molecule has 1 amide bonds. The molecule has 0 aliphatic carbocycles. The molecule has 1 saturated heterocycles. The lowest BCUT2D eigenvalue weighted by Gasteiger charge is -2.09. The fraction of sp³-hybridized carbons (Fsp3) is 0.900. The van der Waals surface area contributed by atoms with Crippen LogP contribution in [0.4, 0.5) is 0 Å². The molecule has 2 N–H and O–H groups in total. The first-order valence-corrected chi connectivity index (χ1v) is 7.55. The Labute approximate surface area is 102 Å². The first-order chi connectivity index (χ1) is 8.05. The Morgan fingerprint density at radius 3 is 2.71 bits per heavy atom. The van der Waals surface area contributed by atoms with Gasteiger partial charge in [0.25, 0.3) is 0 Å². The number of hydrogen-bond donors (Lipinski definition) is 2. The van der Waals surface area contributed by atoms with Gasteiger partial charge < -0.3 is 15.4 Å². The number of carbonyl (C=O) groups excluding carboxylic acids is 1. The Kier molecular flexibility index (Phi) is 5.87. The summed E-state index contributed by atoms with van der Waals surface area (Å²) in [6.45, 7) is 2.55. The highest BCUT2D eigenvalue weighted by molar-refractivity contribution is 7.91. The lowest BCUT2D eigenvalue weighted by Crippen LogP contribution is -2.37. The van der Waals surface area contributed by atoms with Gasteiger partial charge >= 0.3 is 0 Å². The Morgan fingerprint density at radius 1 is 1.35 bits per heavy atom. The lowest BCUT2D eigenvalue weighted by atomic mass is 10.1. The summed E-state index contributed by atoms with van der Waals surface area (Å²) in [7, 11) is -1.35. The van der Waals surface area contributed by atoms with Crippen LogP contribution in [-0.4, -0.2) is 59.2 Å². The smallest absolute Gasteiger partial charge is 0.224 e. The summed E-state index contributed by atoms with van der Waals surface area (Å²) in [6, 6.07) is 0. The number of amides is 1. The number of hydrogen-bond acceptors (Lipinski definition) is 5. The topological polar surface area (TPSA) is 84.5 Å². The molecule has 1 atom stereocenters. The van der Waals surface area contributed by atoms with Gasteiger partial charge in [-0.3, -0.25) is 4.79 Å². The highest BCUT2D eigenvalue weighted by Crippen LogP contribution is 2.17. The molecular formula is C10H20N2O4S. The Morgan fingerprint density at radius 2 is 2.12 bits per heavy atom. The quantitative estimate of drug-likeness (QED) is 0.563. The van der Waals surface area contributed by atoms with Crippen molar-refractivity contribution in [1.82, 2.24) is 10.6 Å². The fourth-order valence-corrected chi connectivity index (χ4v) is 3.46. The van der Waals surface area contributed by atoms with Gasteiger partial charge in [0.05, 0.1) is 24.0 Å². The SMILES string of the molecule is COCCNCCNC(=O)C1CCS(=O)(=O)C1. The molecule has 1 aliphatic rings. The normalized spacial score (nSPS) is 22.5. The maximum absolute atomic E-state index is 11.6. The fourth-order valence-electron chi connectivity index (χ4n) is 1.72. The van der Waals surface area contributed by atoms with Crippen molar-refractivity contribution in [3.8, 4) is 0 Å². The van der Waals surface area contributed by atoms with Crippen molar-refractivity contribution in [2.45, 2.75) is 6.42 Å². The Hall–Kier alpha value is -0.660. The zero-order valence-electron chi connectivity index (χ0n) is 10.1. The zero-order chi connectivity index (χ0) is 12.7. The van der Waals surface area contributed by atoms with Crippen LogP contribution in [-0.2, 0) is 19.4 Å². The highest BCUT2D eigenvalue weighted by Gasteiger charge is 2.32. The number of ether oxygens (including phenoxy) is 1. The van der Waals surface area contributed by atoms with Crippen molar-refractivity contribution in [3.63, 3.8) is 0 Å². The standard InChI is InChI=1S/C10H20N2O4S/c1-16-6-5-11-3-4-12-10(13)9-2-7-17(14,15)8-9/h9,11H,2-8H2,1H3,(H,12,13). The van der Waals surface area contributed by atoms with Crippen LogP contribution in [0.25, 0.3) is 0 Å². The third-order valence-corrected chi connectivity index (χ3v) is 4.46. The highest BCUT2D eigenvalue weighted by atomic mass is 32.2. The van der Waals surface area contributed by atoms with Gasteiger partial charge in [0, 0.05) is 26.7 Å². The van der Waals surface area contributed by atoms with Crippen LogP contribution >= 0.6 is 0 Å². The molecule has 0 radical (unpaired) electrons. The second-order valence-electron chi connectivity index (χ2n) is 4.13. The molecule has 7 heteroatoms. The van der Waals surface area contributed by atoms with E-state index in [0.717, 1.165) is 6.54 Å².